The number of aliphatic hydroxyl groups is 1. The smallest absolute Gasteiger partial charge is 0.312 e. The molecule has 0 unspecified atom stereocenters. The zero-order valence-corrected chi connectivity index (χ0v) is 14.9. The molecule has 134 valence electrons. The van der Waals surface area contributed by atoms with Crippen LogP contribution in [-0.4, -0.2) is 36.5 Å². The maximum atomic E-state index is 11.9. The number of aromatic nitrogens is 3. The minimum absolute atomic E-state index is 0.126. The van der Waals surface area contributed by atoms with Crippen molar-refractivity contribution in [2.45, 2.75) is 44.8 Å². The van der Waals surface area contributed by atoms with Gasteiger partial charge in [0.2, 0.25) is 0 Å². The van der Waals surface area contributed by atoms with E-state index in [1.54, 1.807) is 6.92 Å². The highest BCUT2D eigenvalue weighted by atomic mass is 35.5. The topological polar surface area (TPSA) is 88.2 Å². The summed E-state index contributed by atoms with van der Waals surface area (Å²) in [6, 6.07) is 7.61. The molecule has 0 aliphatic heterocycles. The van der Waals surface area contributed by atoms with Crippen molar-refractivity contribution < 1.29 is 15.0 Å². The predicted octanol–water partition coefficient (Wildman–Crippen LogP) is 2.80. The highest BCUT2D eigenvalue weighted by molar-refractivity contribution is 6.30. The van der Waals surface area contributed by atoms with Crippen molar-refractivity contribution in [3.05, 3.63) is 47.5 Å². The summed E-state index contributed by atoms with van der Waals surface area (Å²) in [5.74, 6) is -1.10. The molecule has 1 saturated carbocycles. The van der Waals surface area contributed by atoms with Gasteiger partial charge in [-0.15, -0.1) is 0 Å². The van der Waals surface area contributed by atoms with Gasteiger partial charge in [-0.25, -0.2) is 4.98 Å². The Morgan fingerprint density at radius 1 is 1.40 bits per heavy atom. The van der Waals surface area contributed by atoms with Gasteiger partial charge >= 0.3 is 5.97 Å². The van der Waals surface area contributed by atoms with Crippen LogP contribution in [0.3, 0.4) is 0 Å². The molecule has 0 saturated heterocycles. The van der Waals surface area contributed by atoms with E-state index in [1.807, 2.05) is 24.3 Å². The van der Waals surface area contributed by atoms with Crippen LogP contribution >= 0.6 is 11.6 Å². The molecule has 1 aromatic carbocycles. The highest BCUT2D eigenvalue weighted by Gasteiger charge is 2.61. The molecule has 0 radical (unpaired) electrons. The van der Waals surface area contributed by atoms with Crippen LogP contribution in [0.1, 0.15) is 31.7 Å². The van der Waals surface area contributed by atoms with Gasteiger partial charge in [0.1, 0.15) is 18.3 Å². The lowest BCUT2D eigenvalue weighted by Gasteiger charge is -2.40. The molecular formula is C18H22ClN3O3. The van der Waals surface area contributed by atoms with Crippen molar-refractivity contribution in [3.8, 4) is 0 Å². The molecular weight excluding hydrogens is 342 g/mol. The van der Waals surface area contributed by atoms with Crippen LogP contribution in [-0.2, 0) is 17.8 Å². The highest BCUT2D eigenvalue weighted by Crippen LogP contribution is 2.52. The van der Waals surface area contributed by atoms with Crippen LogP contribution < -0.4 is 0 Å². The number of hydrogen-bond acceptors (Lipinski definition) is 4. The van der Waals surface area contributed by atoms with Crippen molar-refractivity contribution in [2.75, 3.05) is 0 Å². The van der Waals surface area contributed by atoms with E-state index in [2.05, 4.69) is 10.1 Å². The van der Waals surface area contributed by atoms with Crippen LogP contribution in [0.2, 0.25) is 5.02 Å². The normalized spacial score (nSPS) is 29.0. The largest absolute Gasteiger partial charge is 0.481 e. The van der Waals surface area contributed by atoms with Gasteiger partial charge in [0.15, 0.2) is 0 Å². The summed E-state index contributed by atoms with van der Waals surface area (Å²) in [6.07, 6.45) is 5.47. The average molecular weight is 364 g/mol. The molecule has 2 aromatic rings. The number of halogens is 1. The Kier molecular flexibility index (Phi) is 4.84. The van der Waals surface area contributed by atoms with Crippen molar-refractivity contribution in [1.82, 2.24) is 14.8 Å². The van der Waals surface area contributed by atoms with Gasteiger partial charge in [0.25, 0.3) is 0 Å². The van der Waals surface area contributed by atoms with Crippen LogP contribution in [0.4, 0.5) is 0 Å². The van der Waals surface area contributed by atoms with E-state index in [4.69, 9.17) is 11.6 Å². The molecule has 1 aliphatic carbocycles. The summed E-state index contributed by atoms with van der Waals surface area (Å²) in [5.41, 5.74) is -1.46. The number of aryl methyl sites for hydroxylation is 1. The second-order valence-corrected chi connectivity index (χ2v) is 7.49. The van der Waals surface area contributed by atoms with Crippen molar-refractivity contribution in [1.29, 1.82) is 0 Å². The monoisotopic (exact) mass is 363 g/mol. The van der Waals surface area contributed by atoms with Gasteiger partial charge in [-0.05, 0) is 56.2 Å². The molecule has 2 N–H and O–H groups in total. The Balaban J connectivity index is 1.81. The summed E-state index contributed by atoms with van der Waals surface area (Å²) in [6.45, 7) is 1.76. The number of carbonyl (C=O) groups is 1. The number of hydrogen-bond donors (Lipinski definition) is 2. The maximum Gasteiger partial charge on any atom is 0.312 e. The van der Waals surface area contributed by atoms with Crippen molar-refractivity contribution in [2.24, 2.45) is 11.3 Å². The molecule has 1 heterocycles. The first-order valence-corrected chi connectivity index (χ1v) is 8.75. The van der Waals surface area contributed by atoms with Crippen molar-refractivity contribution in [3.63, 3.8) is 0 Å². The summed E-state index contributed by atoms with van der Waals surface area (Å²) in [7, 11) is 0. The quantitative estimate of drug-likeness (QED) is 0.823. The number of carboxylic acid groups (broad SMARTS) is 1. The number of rotatable bonds is 6. The summed E-state index contributed by atoms with van der Waals surface area (Å²) < 4.78 is 1.52. The number of carboxylic acids is 1. The zero-order chi connectivity index (χ0) is 18.1. The van der Waals surface area contributed by atoms with E-state index in [-0.39, 0.29) is 12.5 Å². The van der Waals surface area contributed by atoms with Crippen LogP contribution in [0, 0.1) is 11.3 Å². The van der Waals surface area contributed by atoms with E-state index < -0.39 is 17.0 Å². The molecule has 6 nitrogen and oxygen atoms in total. The first kappa shape index (κ1) is 17.9. The molecule has 25 heavy (non-hydrogen) atoms. The van der Waals surface area contributed by atoms with E-state index in [1.165, 1.54) is 17.3 Å². The average Bonchev–Trinajstić information content (AvgIpc) is 3.16. The lowest BCUT2D eigenvalue weighted by Crippen LogP contribution is -2.54. The Bertz CT molecular complexity index is 735. The lowest BCUT2D eigenvalue weighted by atomic mass is 9.71. The number of aliphatic carboxylic acids is 1. The third-order valence-corrected chi connectivity index (χ3v) is 5.91. The zero-order valence-electron chi connectivity index (χ0n) is 14.1. The molecule has 3 rings (SSSR count). The van der Waals surface area contributed by atoms with Crippen molar-refractivity contribution >= 4 is 17.6 Å². The number of nitrogens with zero attached hydrogens (tertiary/aromatic N) is 3. The molecule has 3 atom stereocenters. The van der Waals surface area contributed by atoms with Gasteiger partial charge in [0, 0.05) is 5.02 Å². The summed E-state index contributed by atoms with van der Waals surface area (Å²) in [4.78, 5) is 15.8. The summed E-state index contributed by atoms with van der Waals surface area (Å²) in [5, 5.41) is 25.9. The molecule has 1 fully saturated rings. The molecule has 1 aromatic heterocycles. The SMILES string of the molecule is C[C@@]1(C(=O)O)CC[C@@H](CCc2ccc(Cl)cc2)[C@@]1(O)Cn1cncn1. The minimum atomic E-state index is -1.38. The standard InChI is InChI=1S/C18H22ClN3O3/c1-17(16(23)24)9-8-14(5-2-13-3-6-15(19)7-4-13)18(17,25)10-22-12-20-11-21-22/h3-4,6-7,11-12,14,25H,2,5,8-10H2,1H3,(H,23,24)/t14-,17+,18+/m1/s1. The fourth-order valence-electron chi connectivity index (χ4n) is 3.90. The van der Waals surface area contributed by atoms with Crippen LogP contribution in [0.15, 0.2) is 36.9 Å². The third kappa shape index (κ3) is 3.28. The van der Waals surface area contributed by atoms with Crippen LogP contribution in [0.5, 0.6) is 0 Å². The van der Waals surface area contributed by atoms with Gasteiger partial charge < -0.3 is 10.2 Å². The second-order valence-electron chi connectivity index (χ2n) is 7.06. The minimum Gasteiger partial charge on any atom is -0.481 e. The Morgan fingerprint density at radius 3 is 2.72 bits per heavy atom. The lowest BCUT2D eigenvalue weighted by molar-refractivity contribution is -0.169. The Labute approximate surface area is 151 Å². The van der Waals surface area contributed by atoms with Gasteiger partial charge in [-0.1, -0.05) is 23.7 Å². The van der Waals surface area contributed by atoms with Gasteiger partial charge in [-0.3, -0.25) is 9.48 Å². The first-order chi connectivity index (χ1) is 11.8. The van der Waals surface area contributed by atoms with E-state index in [0.29, 0.717) is 24.3 Å². The second kappa shape index (κ2) is 6.77. The summed E-state index contributed by atoms with van der Waals surface area (Å²) >= 11 is 5.92. The third-order valence-electron chi connectivity index (χ3n) is 5.66. The molecule has 1 aliphatic rings. The first-order valence-electron chi connectivity index (χ1n) is 8.38. The fraction of sp³-hybridized carbons (Fsp3) is 0.500. The van der Waals surface area contributed by atoms with E-state index in [9.17, 15) is 15.0 Å². The van der Waals surface area contributed by atoms with Gasteiger partial charge in [0.05, 0.1) is 12.0 Å². The van der Waals surface area contributed by atoms with Crippen LogP contribution in [0.25, 0.3) is 0 Å². The van der Waals surface area contributed by atoms with E-state index >= 15 is 0 Å². The Hall–Kier alpha value is -1.92. The number of benzene rings is 1. The maximum absolute atomic E-state index is 11.9. The predicted molar refractivity (Wildman–Crippen MR) is 93.2 cm³/mol. The molecule has 0 amide bonds. The fourth-order valence-corrected chi connectivity index (χ4v) is 4.03. The molecule has 0 bridgehead atoms. The molecule has 7 heteroatoms. The molecule has 0 spiro atoms. The van der Waals surface area contributed by atoms with E-state index in [0.717, 1.165) is 12.0 Å². The van der Waals surface area contributed by atoms with Gasteiger partial charge in [-0.2, -0.15) is 5.10 Å². The Morgan fingerprint density at radius 2 is 2.12 bits per heavy atom.